The van der Waals surface area contributed by atoms with Crippen LogP contribution >= 0.6 is 0 Å². The number of carbonyl (C=O) groups is 2. The number of piperazine rings is 1. The minimum atomic E-state index is -3.48. The SMILES string of the molecule is O=C(C1CS(=O)(=O)CCN1C(=O)c1cc2ccccc2n1-c1cccc(F)c1)N1CCN(C2CCC2)CC1. The zero-order valence-corrected chi connectivity index (χ0v) is 21.9. The average molecular weight is 539 g/mol. The number of hydrogen-bond acceptors (Lipinski definition) is 5. The lowest BCUT2D eigenvalue weighted by atomic mass is 9.91. The Labute approximate surface area is 221 Å². The topological polar surface area (TPSA) is 82.9 Å². The quantitative estimate of drug-likeness (QED) is 0.510. The molecule has 200 valence electrons. The van der Waals surface area contributed by atoms with Gasteiger partial charge in [0, 0.05) is 49.8 Å². The zero-order chi connectivity index (χ0) is 26.4. The Morgan fingerprint density at radius 3 is 2.37 bits per heavy atom. The van der Waals surface area contributed by atoms with E-state index in [0.717, 1.165) is 24.0 Å². The van der Waals surface area contributed by atoms with Crippen LogP contribution in [0.5, 0.6) is 0 Å². The van der Waals surface area contributed by atoms with Gasteiger partial charge in [0.15, 0.2) is 9.84 Å². The molecule has 3 aliphatic rings. The second-order valence-electron chi connectivity index (χ2n) is 10.5. The first-order chi connectivity index (χ1) is 18.3. The Bertz CT molecular complexity index is 1490. The minimum absolute atomic E-state index is 0.0652. The van der Waals surface area contributed by atoms with Gasteiger partial charge in [-0.05, 0) is 43.2 Å². The fourth-order valence-corrected chi connectivity index (χ4v) is 7.32. The molecule has 0 spiro atoms. The van der Waals surface area contributed by atoms with Crippen LogP contribution in [-0.4, -0.2) is 95.8 Å². The van der Waals surface area contributed by atoms with E-state index >= 15 is 0 Å². The molecule has 0 N–H and O–H groups in total. The number of amides is 2. The van der Waals surface area contributed by atoms with Crippen molar-refractivity contribution >= 4 is 32.6 Å². The van der Waals surface area contributed by atoms with E-state index in [2.05, 4.69) is 4.90 Å². The lowest BCUT2D eigenvalue weighted by Gasteiger charge is -2.44. The molecule has 3 fully saturated rings. The first kappa shape index (κ1) is 25.1. The minimum Gasteiger partial charge on any atom is -0.338 e. The van der Waals surface area contributed by atoms with Gasteiger partial charge in [-0.3, -0.25) is 14.5 Å². The fourth-order valence-electron chi connectivity index (χ4n) is 5.88. The molecule has 1 atom stereocenters. The first-order valence-corrected chi connectivity index (χ1v) is 15.0. The number of sulfone groups is 1. The summed E-state index contributed by atoms with van der Waals surface area (Å²) in [6.07, 6.45) is 3.62. The van der Waals surface area contributed by atoms with Crippen LogP contribution in [0.2, 0.25) is 0 Å². The molecule has 0 bridgehead atoms. The number of para-hydroxylation sites is 1. The van der Waals surface area contributed by atoms with Crippen LogP contribution in [-0.2, 0) is 14.6 Å². The molecule has 38 heavy (non-hydrogen) atoms. The van der Waals surface area contributed by atoms with Gasteiger partial charge in [-0.15, -0.1) is 0 Å². The van der Waals surface area contributed by atoms with Crippen LogP contribution in [0.1, 0.15) is 29.8 Å². The fraction of sp³-hybridized carbons (Fsp3) is 0.429. The van der Waals surface area contributed by atoms with Gasteiger partial charge in [-0.1, -0.05) is 30.7 Å². The molecule has 2 aliphatic heterocycles. The highest BCUT2D eigenvalue weighted by Gasteiger charge is 2.42. The van der Waals surface area contributed by atoms with Gasteiger partial charge in [0.1, 0.15) is 17.6 Å². The molecule has 1 unspecified atom stereocenters. The van der Waals surface area contributed by atoms with Crippen LogP contribution in [0, 0.1) is 5.82 Å². The summed E-state index contributed by atoms with van der Waals surface area (Å²) in [4.78, 5) is 33.3. The standard InChI is InChI=1S/C28H31FN4O4S/c29-21-6-3-9-23(18-21)33-24-10-2-1-5-20(24)17-25(33)28(35)32-15-16-38(36,37)19-26(32)27(34)31-13-11-30(12-14-31)22-7-4-8-22/h1-3,5-6,9-10,17-18,22,26H,4,7-8,11-16,19H2. The van der Waals surface area contributed by atoms with Crippen molar-refractivity contribution in [3.8, 4) is 5.69 Å². The van der Waals surface area contributed by atoms with Gasteiger partial charge < -0.3 is 14.4 Å². The van der Waals surface area contributed by atoms with Crippen molar-refractivity contribution in [1.29, 1.82) is 0 Å². The van der Waals surface area contributed by atoms with Crippen molar-refractivity contribution in [2.24, 2.45) is 0 Å². The van der Waals surface area contributed by atoms with Crippen LogP contribution in [0.25, 0.3) is 16.6 Å². The van der Waals surface area contributed by atoms with Crippen molar-refractivity contribution in [1.82, 2.24) is 19.3 Å². The van der Waals surface area contributed by atoms with Crippen LogP contribution in [0.15, 0.2) is 54.6 Å². The molecule has 1 aromatic heterocycles. The number of rotatable bonds is 4. The second kappa shape index (κ2) is 9.81. The summed E-state index contributed by atoms with van der Waals surface area (Å²) in [5, 5.41) is 0.791. The highest BCUT2D eigenvalue weighted by molar-refractivity contribution is 7.91. The summed E-state index contributed by atoms with van der Waals surface area (Å²) in [6, 6.07) is 14.6. The predicted octanol–water partition coefficient (Wildman–Crippen LogP) is 2.71. The summed E-state index contributed by atoms with van der Waals surface area (Å²) in [6.45, 7) is 2.51. The molecular formula is C28H31FN4O4S. The van der Waals surface area contributed by atoms with Crippen LogP contribution < -0.4 is 0 Å². The van der Waals surface area contributed by atoms with Crippen molar-refractivity contribution < 1.29 is 22.4 Å². The zero-order valence-electron chi connectivity index (χ0n) is 21.1. The Hall–Kier alpha value is -3.24. The van der Waals surface area contributed by atoms with E-state index in [1.54, 1.807) is 27.7 Å². The molecule has 0 radical (unpaired) electrons. The van der Waals surface area contributed by atoms with Crippen molar-refractivity contribution in [2.45, 2.75) is 31.3 Å². The molecular weight excluding hydrogens is 507 g/mol. The Morgan fingerprint density at radius 1 is 0.895 bits per heavy atom. The van der Waals surface area contributed by atoms with Crippen molar-refractivity contribution in [3.63, 3.8) is 0 Å². The Balaban J connectivity index is 1.32. The summed E-state index contributed by atoms with van der Waals surface area (Å²) in [5.74, 6) is -1.77. The van der Waals surface area contributed by atoms with Gasteiger partial charge >= 0.3 is 0 Å². The largest absolute Gasteiger partial charge is 0.338 e. The van der Waals surface area contributed by atoms with Gasteiger partial charge in [-0.2, -0.15) is 0 Å². The van der Waals surface area contributed by atoms with E-state index in [1.807, 2.05) is 24.3 Å². The van der Waals surface area contributed by atoms with Gasteiger partial charge in [-0.25, -0.2) is 12.8 Å². The number of halogens is 1. The summed E-state index contributed by atoms with van der Waals surface area (Å²) < 4.78 is 41.2. The maximum absolute atomic E-state index is 14.2. The Morgan fingerprint density at radius 2 is 1.66 bits per heavy atom. The maximum atomic E-state index is 14.2. The summed E-state index contributed by atoms with van der Waals surface area (Å²) in [7, 11) is -3.48. The molecule has 2 saturated heterocycles. The average Bonchev–Trinajstić information content (AvgIpc) is 3.27. The highest BCUT2D eigenvalue weighted by Crippen LogP contribution is 2.29. The molecule has 1 aliphatic carbocycles. The third-order valence-corrected chi connectivity index (χ3v) is 9.82. The maximum Gasteiger partial charge on any atom is 0.271 e. The van der Waals surface area contributed by atoms with Crippen molar-refractivity contribution in [3.05, 3.63) is 66.1 Å². The number of hydrogen-bond donors (Lipinski definition) is 0. The second-order valence-corrected chi connectivity index (χ2v) is 12.7. The monoisotopic (exact) mass is 538 g/mol. The van der Waals surface area contributed by atoms with Crippen molar-refractivity contribution in [2.75, 3.05) is 44.2 Å². The normalized spacial score (nSPS) is 22.4. The third-order valence-electron chi connectivity index (χ3n) is 8.19. The summed E-state index contributed by atoms with van der Waals surface area (Å²) >= 11 is 0. The van der Waals surface area contributed by atoms with E-state index in [9.17, 15) is 22.4 Å². The van der Waals surface area contributed by atoms with E-state index in [-0.39, 0.29) is 29.7 Å². The molecule has 10 heteroatoms. The third kappa shape index (κ3) is 4.60. The van der Waals surface area contributed by atoms with Crippen LogP contribution in [0.3, 0.4) is 0 Å². The molecule has 8 nitrogen and oxygen atoms in total. The van der Waals surface area contributed by atoms with E-state index < -0.39 is 27.6 Å². The van der Waals surface area contributed by atoms with Crippen LogP contribution in [0.4, 0.5) is 4.39 Å². The van der Waals surface area contributed by atoms with Gasteiger partial charge in [0.05, 0.1) is 17.0 Å². The number of nitrogens with zero attached hydrogens (tertiary/aromatic N) is 4. The number of fused-ring (bicyclic) bond motifs is 1. The molecule has 2 amide bonds. The molecule has 3 aromatic rings. The van der Waals surface area contributed by atoms with Gasteiger partial charge in [0.2, 0.25) is 5.91 Å². The van der Waals surface area contributed by atoms with Gasteiger partial charge in [0.25, 0.3) is 5.91 Å². The molecule has 1 saturated carbocycles. The van der Waals surface area contributed by atoms with E-state index in [4.69, 9.17) is 0 Å². The first-order valence-electron chi connectivity index (χ1n) is 13.2. The number of aromatic nitrogens is 1. The summed E-state index contributed by atoms with van der Waals surface area (Å²) in [5.41, 5.74) is 1.47. The number of benzene rings is 2. The van der Waals surface area contributed by atoms with E-state index in [0.29, 0.717) is 24.8 Å². The number of carbonyl (C=O) groups excluding carboxylic acids is 2. The Kier molecular flexibility index (Phi) is 6.47. The molecule has 6 rings (SSSR count). The lowest BCUT2D eigenvalue weighted by molar-refractivity contribution is -0.138. The van der Waals surface area contributed by atoms with E-state index in [1.165, 1.54) is 36.3 Å². The lowest BCUT2D eigenvalue weighted by Crippen LogP contribution is -2.61. The highest BCUT2D eigenvalue weighted by atomic mass is 32.2. The predicted molar refractivity (Wildman–Crippen MR) is 143 cm³/mol. The molecule has 2 aromatic carbocycles. The molecule has 3 heterocycles. The smallest absolute Gasteiger partial charge is 0.271 e.